The minimum absolute atomic E-state index is 0.0649. The zero-order valence-electron chi connectivity index (χ0n) is 13.0. The van der Waals surface area contributed by atoms with E-state index in [9.17, 15) is 4.79 Å². The summed E-state index contributed by atoms with van der Waals surface area (Å²) in [6, 6.07) is 17.8. The third-order valence-electron chi connectivity index (χ3n) is 3.90. The number of rotatable bonds is 4. The first-order valence-corrected chi connectivity index (χ1v) is 8.64. The number of esters is 1. The van der Waals surface area contributed by atoms with Crippen molar-refractivity contribution in [2.75, 3.05) is 18.0 Å². The summed E-state index contributed by atoms with van der Waals surface area (Å²) in [4.78, 5) is 18.6. The largest absolute Gasteiger partial charge is 0.455 e. The van der Waals surface area contributed by atoms with Gasteiger partial charge in [0.25, 0.3) is 0 Å². The molecule has 1 saturated heterocycles. The Hall–Kier alpha value is -2.66. The van der Waals surface area contributed by atoms with Gasteiger partial charge in [0.2, 0.25) is 0 Å². The molecule has 4 nitrogen and oxygen atoms in total. The Morgan fingerprint density at radius 1 is 1.12 bits per heavy atom. The van der Waals surface area contributed by atoms with Gasteiger partial charge in [0.05, 0.1) is 23.3 Å². The number of hydrogen-bond acceptors (Lipinski definition) is 5. The van der Waals surface area contributed by atoms with Crippen molar-refractivity contribution < 1.29 is 9.53 Å². The predicted octanol–water partition coefficient (Wildman–Crippen LogP) is 3.74. The van der Waals surface area contributed by atoms with Crippen LogP contribution in [0, 0.1) is 0 Å². The molecule has 0 saturated carbocycles. The summed E-state index contributed by atoms with van der Waals surface area (Å²) >= 11 is 1.67. The number of aromatic nitrogens is 1. The van der Waals surface area contributed by atoms with Gasteiger partial charge in [0.15, 0.2) is 5.13 Å². The smallest absolute Gasteiger partial charge is 0.331 e. The van der Waals surface area contributed by atoms with Crippen LogP contribution in [0.1, 0.15) is 5.56 Å². The van der Waals surface area contributed by atoms with E-state index in [1.807, 2.05) is 48.5 Å². The summed E-state index contributed by atoms with van der Waals surface area (Å²) in [6.45, 7) is 1.40. The monoisotopic (exact) mass is 336 g/mol. The highest BCUT2D eigenvalue weighted by molar-refractivity contribution is 7.22. The number of hydrogen-bond donors (Lipinski definition) is 0. The number of carbonyl (C=O) groups excluding carboxylic acids is 1. The Balaban J connectivity index is 1.31. The lowest BCUT2D eigenvalue weighted by Gasteiger charge is -2.37. The SMILES string of the molecule is O=C(C=Cc1ccccc1)OC1CN(c2nc3ccccc3s2)C1. The number of carbonyl (C=O) groups is 1. The molecule has 1 aliphatic heterocycles. The maximum absolute atomic E-state index is 11.9. The molecule has 5 heteroatoms. The molecule has 2 heterocycles. The fraction of sp³-hybridized carbons (Fsp3) is 0.158. The van der Waals surface area contributed by atoms with Crippen LogP contribution in [0.3, 0.4) is 0 Å². The van der Waals surface area contributed by atoms with Crippen LogP contribution < -0.4 is 4.90 Å². The highest BCUT2D eigenvalue weighted by Crippen LogP contribution is 2.31. The second-order valence-electron chi connectivity index (χ2n) is 5.67. The highest BCUT2D eigenvalue weighted by atomic mass is 32.1. The third kappa shape index (κ3) is 3.16. The highest BCUT2D eigenvalue weighted by Gasteiger charge is 2.31. The van der Waals surface area contributed by atoms with Crippen LogP contribution in [0.5, 0.6) is 0 Å². The van der Waals surface area contributed by atoms with E-state index in [2.05, 4.69) is 16.0 Å². The molecule has 24 heavy (non-hydrogen) atoms. The van der Waals surface area contributed by atoms with Crippen LogP contribution in [-0.4, -0.2) is 30.1 Å². The van der Waals surface area contributed by atoms with Gasteiger partial charge >= 0.3 is 5.97 Å². The van der Waals surface area contributed by atoms with E-state index < -0.39 is 0 Å². The molecule has 1 aromatic heterocycles. The average molecular weight is 336 g/mol. The number of para-hydroxylation sites is 1. The van der Waals surface area contributed by atoms with E-state index in [4.69, 9.17) is 4.74 Å². The van der Waals surface area contributed by atoms with Crippen molar-refractivity contribution in [3.8, 4) is 0 Å². The van der Waals surface area contributed by atoms with Crippen molar-refractivity contribution in [2.24, 2.45) is 0 Å². The van der Waals surface area contributed by atoms with Crippen molar-refractivity contribution in [3.05, 3.63) is 66.2 Å². The van der Waals surface area contributed by atoms with Gasteiger partial charge in [0, 0.05) is 6.08 Å². The molecule has 0 N–H and O–H groups in total. The molecule has 0 bridgehead atoms. The van der Waals surface area contributed by atoms with Crippen molar-refractivity contribution in [3.63, 3.8) is 0 Å². The molecule has 4 rings (SSSR count). The molecule has 1 aliphatic rings. The lowest BCUT2D eigenvalue weighted by atomic mass is 10.2. The molecular formula is C19H16N2O2S. The lowest BCUT2D eigenvalue weighted by molar-refractivity contribution is -0.143. The van der Waals surface area contributed by atoms with E-state index in [1.165, 1.54) is 10.8 Å². The maximum Gasteiger partial charge on any atom is 0.331 e. The Labute approximate surface area is 144 Å². The first-order valence-electron chi connectivity index (χ1n) is 7.82. The van der Waals surface area contributed by atoms with E-state index in [0.29, 0.717) is 13.1 Å². The van der Waals surface area contributed by atoms with Gasteiger partial charge in [-0.05, 0) is 23.8 Å². The topological polar surface area (TPSA) is 42.4 Å². The van der Waals surface area contributed by atoms with Crippen LogP contribution in [0.15, 0.2) is 60.7 Å². The van der Waals surface area contributed by atoms with E-state index in [-0.39, 0.29) is 12.1 Å². The van der Waals surface area contributed by atoms with Gasteiger partial charge in [-0.3, -0.25) is 0 Å². The number of thiazole rings is 1. The first-order chi connectivity index (χ1) is 11.8. The molecule has 120 valence electrons. The molecule has 0 radical (unpaired) electrons. The van der Waals surface area contributed by atoms with Crippen molar-refractivity contribution in [1.82, 2.24) is 4.98 Å². The molecule has 1 fully saturated rings. The van der Waals surface area contributed by atoms with Gasteiger partial charge in [-0.2, -0.15) is 0 Å². The Morgan fingerprint density at radius 3 is 2.67 bits per heavy atom. The Bertz CT molecular complexity index is 850. The number of fused-ring (bicyclic) bond motifs is 1. The zero-order chi connectivity index (χ0) is 16.4. The molecule has 0 amide bonds. The first kappa shape index (κ1) is 14.9. The van der Waals surface area contributed by atoms with Crippen LogP contribution in [0.25, 0.3) is 16.3 Å². The maximum atomic E-state index is 11.9. The fourth-order valence-corrected chi connectivity index (χ4v) is 3.58. The molecule has 2 aromatic carbocycles. The third-order valence-corrected chi connectivity index (χ3v) is 4.99. The van der Waals surface area contributed by atoms with Gasteiger partial charge in [-0.25, -0.2) is 9.78 Å². The normalized spacial score (nSPS) is 14.9. The van der Waals surface area contributed by atoms with Crippen molar-refractivity contribution in [2.45, 2.75) is 6.10 Å². The summed E-state index contributed by atoms with van der Waals surface area (Å²) in [5.41, 5.74) is 2.00. The van der Waals surface area contributed by atoms with Crippen LogP contribution in [0.2, 0.25) is 0 Å². The van der Waals surface area contributed by atoms with Gasteiger partial charge in [-0.15, -0.1) is 0 Å². The van der Waals surface area contributed by atoms with Crippen LogP contribution in [0.4, 0.5) is 5.13 Å². The van der Waals surface area contributed by atoms with E-state index in [1.54, 1.807) is 17.4 Å². The zero-order valence-corrected chi connectivity index (χ0v) is 13.8. The average Bonchev–Trinajstić information content (AvgIpc) is 3.00. The molecule has 0 spiro atoms. The van der Waals surface area contributed by atoms with Crippen molar-refractivity contribution >= 4 is 38.7 Å². The summed E-state index contributed by atoms with van der Waals surface area (Å²) in [7, 11) is 0. The van der Waals surface area contributed by atoms with E-state index >= 15 is 0 Å². The minimum Gasteiger partial charge on any atom is -0.455 e. The summed E-state index contributed by atoms with van der Waals surface area (Å²) in [6.07, 6.45) is 3.19. The molecule has 0 atom stereocenters. The van der Waals surface area contributed by atoms with Gasteiger partial charge < -0.3 is 9.64 Å². The molecule has 3 aromatic rings. The second-order valence-corrected chi connectivity index (χ2v) is 6.68. The second kappa shape index (κ2) is 6.45. The summed E-state index contributed by atoms with van der Waals surface area (Å²) < 4.78 is 6.62. The number of anilines is 1. The molecule has 0 unspecified atom stereocenters. The van der Waals surface area contributed by atoms with Gasteiger partial charge in [0.1, 0.15) is 6.10 Å². The van der Waals surface area contributed by atoms with Crippen LogP contribution in [-0.2, 0) is 9.53 Å². The Kier molecular flexibility index (Phi) is 4.01. The standard InChI is InChI=1S/C19H16N2O2S/c22-18(11-10-14-6-2-1-3-7-14)23-15-12-21(13-15)19-20-16-8-4-5-9-17(16)24-19/h1-11,15H,12-13H2. The number of benzene rings is 2. The van der Waals surface area contributed by atoms with Crippen molar-refractivity contribution in [1.29, 1.82) is 0 Å². The summed E-state index contributed by atoms with van der Waals surface area (Å²) in [5, 5.41) is 0.989. The summed E-state index contributed by atoms with van der Waals surface area (Å²) in [5.74, 6) is -0.298. The number of ether oxygens (including phenoxy) is 1. The van der Waals surface area contributed by atoms with Crippen LogP contribution >= 0.6 is 11.3 Å². The molecule has 0 aliphatic carbocycles. The molecular weight excluding hydrogens is 320 g/mol. The predicted molar refractivity (Wildman–Crippen MR) is 97.2 cm³/mol. The Morgan fingerprint density at radius 2 is 1.88 bits per heavy atom. The lowest BCUT2D eigenvalue weighted by Crippen LogP contribution is -2.52. The van der Waals surface area contributed by atoms with Gasteiger partial charge in [-0.1, -0.05) is 53.8 Å². The van der Waals surface area contributed by atoms with E-state index in [0.717, 1.165) is 16.2 Å². The minimum atomic E-state index is -0.298. The quantitative estimate of drug-likeness (QED) is 0.538. The fourth-order valence-electron chi connectivity index (χ4n) is 2.60. The number of nitrogens with zero attached hydrogens (tertiary/aromatic N) is 2.